The molecule has 6 heteroatoms. The number of nitrogens with zero attached hydrogens (tertiary/aromatic N) is 1. The van der Waals surface area contributed by atoms with Crippen LogP contribution in [0.4, 0.5) is 0 Å². The summed E-state index contributed by atoms with van der Waals surface area (Å²) in [5, 5.41) is 0.109. The first kappa shape index (κ1) is 22.3. The van der Waals surface area contributed by atoms with Crippen LogP contribution >= 0.6 is 11.8 Å². The summed E-state index contributed by atoms with van der Waals surface area (Å²) in [6.07, 6.45) is 6.33. The van der Waals surface area contributed by atoms with E-state index in [0.29, 0.717) is 30.1 Å². The molecule has 0 aromatic heterocycles. The smallest absolute Gasteiger partial charge is 0.328 e. The second-order valence-corrected chi connectivity index (χ2v) is 9.74. The van der Waals surface area contributed by atoms with E-state index in [2.05, 4.69) is 26.8 Å². The summed E-state index contributed by atoms with van der Waals surface area (Å²) in [6.45, 7) is 9.00. The highest BCUT2D eigenvalue weighted by Crippen LogP contribution is 2.37. The van der Waals surface area contributed by atoms with E-state index in [0.717, 1.165) is 19.3 Å². The predicted molar refractivity (Wildman–Crippen MR) is 110 cm³/mol. The molecule has 27 heavy (non-hydrogen) atoms. The first-order valence-electron chi connectivity index (χ1n) is 10.0. The van der Waals surface area contributed by atoms with Crippen molar-refractivity contribution in [3.63, 3.8) is 0 Å². The third-order valence-electron chi connectivity index (χ3n) is 5.93. The van der Waals surface area contributed by atoms with Gasteiger partial charge in [-0.05, 0) is 44.9 Å². The van der Waals surface area contributed by atoms with E-state index in [1.807, 2.05) is 6.92 Å². The second kappa shape index (κ2) is 9.97. The van der Waals surface area contributed by atoms with Crippen LogP contribution in [-0.2, 0) is 19.1 Å². The molecule has 2 fully saturated rings. The van der Waals surface area contributed by atoms with E-state index < -0.39 is 6.04 Å². The van der Waals surface area contributed by atoms with Crippen molar-refractivity contribution >= 4 is 23.6 Å². The minimum atomic E-state index is -0.432. The highest BCUT2D eigenvalue weighted by atomic mass is 32.2. The van der Waals surface area contributed by atoms with Crippen molar-refractivity contribution < 1.29 is 19.1 Å². The fraction of sp³-hybridized carbons (Fsp3) is 0.810. The summed E-state index contributed by atoms with van der Waals surface area (Å²) in [5.41, 5.74) is 1.44. The lowest BCUT2D eigenvalue weighted by atomic mass is 9.84. The van der Waals surface area contributed by atoms with Gasteiger partial charge in [-0.25, -0.2) is 4.79 Å². The molecule has 154 valence electrons. The molecule has 2 aliphatic rings. The van der Waals surface area contributed by atoms with Crippen LogP contribution in [0.2, 0.25) is 0 Å². The third-order valence-corrected chi connectivity index (χ3v) is 7.43. The highest BCUT2D eigenvalue weighted by Gasteiger charge is 2.37. The largest absolute Gasteiger partial charge is 0.464 e. The molecule has 0 N–H and O–H groups in total. The summed E-state index contributed by atoms with van der Waals surface area (Å²) < 4.78 is 10.8. The third kappa shape index (κ3) is 5.74. The predicted octanol–water partition coefficient (Wildman–Crippen LogP) is 3.67. The summed E-state index contributed by atoms with van der Waals surface area (Å²) in [7, 11) is 3.48. The van der Waals surface area contributed by atoms with E-state index in [1.165, 1.54) is 5.57 Å². The van der Waals surface area contributed by atoms with Crippen molar-refractivity contribution in [3.8, 4) is 0 Å². The zero-order valence-electron chi connectivity index (χ0n) is 17.6. The molecule has 0 spiro atoms. The maximum Gasteiger partial charge on any atom is 0.328 e. The number of carbonyl (C=O) groups excluding carboxylic acids is 2. The minimum Gasteiger partial charge on any atom is -0.464 e. The normalized spacial score (nSPS) is 30.3. The molecule has 0 bridgehead atoms. The monoisotopic (exact) mass is 397 g/mol. The number of likely N-dealkylation sites (N-methyl/N-ethyl adjacent to an activating group) is 1. The molecule has 1 saturated carbocycles. The quantitative estimate of drug-likeness (QED) is 0.485. The average molecular weight is 398 g/mol. The van der Waals surface area contributed by atoms with Crippen molar-refractivity contribution in [1.29, 1.82) is 0 Å². The molecule has 0 aromatic rings. The Kier molecular flexibility index (Phi) is 8.22. The average Bonchev–Trinajstić information content (AvgIpc) is 3.07. The van der Waals surface area contributed by atoms with Crippen molar-refractivity contribution in [2.75, 3.05) is 20.8 Å². The van der Waals surface area contributed by atoms with E-state index >= 15 is 0 Å². The number of ether oxygens (including phenoxy) is 2. The van der Waals surface area contributed by atoms with Gasteiger partial charge < -0.3 is 14.4 Å². The Morgan fingerprint density at radius 2 is 2.00 bits per heavy atom. The van der Waals surface area contributed by atoms with Crippen LogP contribution in [0.3, 0.4) is 0 Å². The maximum atomic E-state index is 12.8. The fourth-order valence-electron chi connectivity index (χ4n) is 3.85. The van der Waals surface area contributed by atoms with Gasteiger partial charge in [0.1, 0.15) is 6.04 Å². The number of esters is 1. The molecule has 5 atom stereocenters. The first-order valence-corrected chi connectivity index (χ1v) is 11.0. The number of methoxy groups -OCH3 is 1. The molecule has 1 saturated heterocycles. The van der Waals surface area contributed by atoms with Crippen LogP contribution in [0.15, 0.2) is 11.6 Å². The molecular formula is C21H35NO4S. The van der Waals surface area contributed by atoms with E-state index in [4.69, 9.17) is 9.47 Å². The molecule has 1 aliphatic heterocycles. The molecule has 0 aromatic carbocycles. The van der Waals surface area contributed by atoms with Gasteiger partial charge in [0.25, 0.3) is 0 Å². The Labute approximate surface area is 168 Å². The van der Waals surface area contributed by atoms with Crippen LogP contribution in [-0.4, -0.2) is 60.2 Å². The van der Waals surface area contributed by atoms with E-state index in [-0.39, 0.29) is 23.2 Å². The standard InChI is InChI=1S/C21H35NO4S/c1-13(2)14(3)11-16-7-8-19(18(12-16)25-6)27-15(4)20(23)22(5)17-9-10-26-21(17)24/h11,13,15-19H,7-10,12H2,1-6H3/b14-11+/t15?,16?,17?,18-,19+/m1/s1. The van der Waals surface area contributed by atoms with Gasteiger partial charge in [0.2, 0.25) is 5.91 Å². The van der Waals surface area contributed by atoms with E-state index in [9.17, 15) is 9.59 Å². The molecule has 1 amide bonds. The Morgan fingerprint density at radius 3 is 2.56 bits per heavy atom. The van der Waals surface area contributed by atoms with Crippen molar-refractivity contribution in [1.82, 2.24) is 4.90 Å². The Hall–Kier alpha value is -1.01. The van der Waals surface area contributed by atoms with Crippen LogP contribution in [0.25, 0.3) is 0 Å². The van der Waals surface area contributed by atoms with Gasteiger partial charge in [0.15, 0.2) is 0 Å². The fourth-order valence-corrected chi connectivity index (χ4v) is 5.33. The second-order valence-electron chi connectivity index (χ2n) is 8.15. The highest BCUT2D eigenvalue weighted by molar-refractivity contribution is 8.01. The number of allylic oxidation sites excluding steroid dienone is 2. The van der Waals surface area contributed by atoms with Crippen LogP contribution in [0.5, 0.6) is 0 Å². The lowest BCUT2D eigenvalue weighted by molar-refractivity contribution is -0.146. The SMILES string of the molecule is CO[C@@H]1CC(/C=C(\C)C(C)C)CC[C@@H]1SC(C)C(=O)N(C)C1CCOC1=O. The number of hydrogen-bond acceptors (Lipinski definition) is 5. The molecule has 0 radical (unpaired) electrons. The Bertz CT molecular complexity index is 562. The zero-order chi connectivity index (χ0) is 20.1. The summed E-state index contributed by atoms with van der Waals surface area (Å²) >= 11 is 1.69. The first-order chi connectivity index (χ1) is 12.7. The number of carbonyl (C=O) groups is 2. The molecule has 2 rings (SSSR count). The van der Waals surface area contributed by atoms with Crippen molar-refractivity contribution in [2.45, 2.75) is 76.0 Å². The number of amides is 1. The van der Waals surface area contributed by atoms with Crippen molar-refractivity contribution in [2.24, 2.45) is 11.8 Å². The number of hydrogen-bond donors (Lipinski definition) is 0. The Balaban J connectivity index is 1.93. The molecule has 5 nitrogen and oxygen atoms in total. The number of thioether (sulfide) groups is 1. The van der Waals surface area contributed by atoms with Gasteiger partial charge >= 0.3 is 5.97 Å². The molecule has 3 unspecified atom stereocenters. The minimum absolute atomic E-state index is 0.00336. The summed E-state index contributed by atoms with van der Waals surface area (Å²) in [4.78, 5) is 26.1. The zero-order valence-corrected chi connectivity index (χ0v) is 18.4. The van der Waals surface area contributed by atoms with Crippen LogP contribution in [0.1, 0.15) is 53.4 Å². The molecule has 1 aliphatic carbocycles. The van der Waals surface area contributed by atoms with Gasteiger partial charge in [-0.3, -0.25) is 4.79 Å². The van der Waals surface area contributed by atoms with Gasteiger partial charge in [-0.2, -0.15) is 0 Å². The Morgan fingerprint density at radius 1 is 1.30 bits per heavy atom. The molecular weight excluding hydrogens is 362 g/mol. The topological polar surface area (TPSA) is 55.8 Å². The van der Waals surface area contributed by atoms with Crippen LogP contribution in [0, 0.1) is 11.8 Å². The van der Waals surface area contributed by atoms with Gasteiger partial charge in [0, 0.05) is 25.8 Å². The maximum absolute atomic E-state index is 12.8. The van der Waals surface area contributed by atoms with Crippen molar-refractivity contribution in [3.05, 3.63) is 11.6 Å². The lowest BCUT2D eigenvalue weighted by Crippen LogP contribution is -2.44. The lowest BCUT2D eigenvalue weighted by Gasteiger charge is -2.36. The summed E-state index contributed by atoms with van der Waals surface area (Å²) in [6, 6.07) is -0.432. The van der Waals surface area contributed by atoms with Crippen LogP contribution < -0.4 is 0 Å². The van der Waals surface area contributed by atoms with Gasteiger partial charge in [-0.1, -0.05) is 25.5 Å². The van der Waals surface area contributed by atoms with Gasteiger partial charge in [0.05, 0.1) is 18.0 Å². The van der Waals surface area contributed by atoms with E-state index in [1.54, 1.807) is 30.8 Å². The summed E-state index contributed by atoms with van der Waals surface area (Å²) in [5.74, 6) is 0.840. The number of cyclic esters (lactones) is 1. The molecule has 1 heterocycles. The number of rotatable bonds is 7. The van der Waals surface area contributed by atoms with Gasteiger partial charge in [-0.15, -0.1) is 11.8 Å².